The normalized spacial score (nSPS) is 10.4. The van der Waals surface area contributed by atoms with Crippen molar-refractivity contribution in [2.75, 3.05) is 19.0 Å². The number of ether oxygens (including phenoxy) is 2. The number of rotatable bonds is 7. The van der Waals surface area contributed by atoms with Crippen LogP contribution in [-0.4, -0.2) is 38.6 Å². The first-order valence-electron chi connectivity index (χ1n) is 9.13. The van der Waals surface area contributed by atoms with Gasteiger partial charge >= 0.3 is 0 Å². The molecule has 0 bridgehead atoms. The predicted molar refractivity (Wildman–Crippen MR) is 109 cm³/mol. The van der Waals surface area contributed by atoms with E-state index >= 15 is 0 Å². The second-order valence-corrected chi connectivity index (χ2v) is 6.21. The van der Waals surface area contributed by atoms with E-state index in [9.17, 15) is 0 Å². The van der Waals surface area contributed by atoms with Crippen LogP contribution in [0.15, 0.2) is 55.2 Å². The number of fused-ring (bicyclic) bond motifs is 1. The summed E-state index contributed by atoms with van der Waals surface area (Å²) in [6.45, 7) is 0.637. The molecule has 9 nitrogen and oxygen atoms in total. The number of nitrogens with one attached hydrogen (secondary N) is 1. The van der Waals surface area contributed by atoms with Crippen LogP contribution in [0.3, 0.4) is 0 Å². The third-order valence-corrected chi connectivity index (χ3v) is 4.28. The minimum Gasteiger partial charge on any atom is -0.493 e. The summed E-state index contributed by atoms with van der Waals surface area (Å²) in [5, 5.41) is 12.3. The molecule has 148 valence electrons. The van der Waals surface area contributed by atoms with Crippen LogP contribution < -0.4 is 14.8 Å². The molecule has 1 aromatic carbocycles. The van der Waals surface area contributed by atoms with E-state index < -0.39 is 0 Å². The maximum absolute atomic E-state index is 9.01. The molecule has 4 rings (SSSR count). The number of nitriles is 1. The quantitative estimate of drug-likeness (QED) is 0.500. The number of benzene rings is 1. The van der Waals surface area contributed by atoms with Gasteiger partial charge in [-0.25, -0.2) is 24.9 Å². The Morgan fingerprint density at radius 2 is 1.87 bits per heavy atom. The fourth-order valence-corrected chi connectivity index (χ4v) is 2.85. The van der Waals surface area contributed by atoms with Gasteiger partial charge in [0.2, 0.25) is 5.88 Å². The number of anilines is 1. The SMILES string of the molecule is COc1cc(CCNc2ncnc3nccnc23)ccc1Oc1cc(C#N)ccn1. The Kier molecular flexibility index (Phi) is 5.57. The standard InChI is InChI=1S/C21H17N7O2/c1-29-17-10-14(2-3-16(17)30-18-11-15(12-22)5-6-23-18)4-7-25-20-19-21(28-13-27-20)26-9-8-24-19/h2-3,5-6,8-11,13H,4,7H2,1H3,(H,25,26,27,28). The van der Waals surface area contributed by atoms with Gasteiger partial charge in [0.1, 0.15) is 11.8 Å². The van der Waals surface area contributed by atoms with Crippen molar-refractivity contribution in [3.63, 3.8) is 0 Å². The molecule has 0 unspecified atom stereocenters. The first-order valence-corrected chi connectivity index (χ1v) is 9.13. The second-order valence-electron chi connectivity index (χ2n) is 6.21. The molecule has 3 heterocycles. The molecule has 0 atom stereocenters. The summed E-state index contributed by atoms with van der Waals surface area (Å²) in [7, 11) is 1.58. The van der Waals surface area contributed by atoms with Crippen LogP contribution in [0.5, 0.6) is 17.4 Å². The van der Waals surface area contributed by atoms with Gasteiger partial charge in [-0.05, 0) is 30.2 Å². The number of pyridine rings is 1. The van der Waals surface area contributed by atoms with Gasteiger partial charge in [0.05, 0.1) is 18.7 Å². The lowest BCUT2D eigenvalue weighted by Gasteiger charge is -2.12. The first kappa shape index (κ1) is 19.0. The van der Waals surface area contributed by atoms with Gasteiger partial charge in [-0.1, -0.05) is 6.07 Å². The maximum Gasteiger partial charge on any atom is 0.220 e. The molecule has 0 aliphatic heterocycles. The molecule has 3 aromatic heterocycles. The number of aromatic nitrogens is 5. The van der Waals surface area contributed by atoms with Gasteiger partial charge in [-0.15, -0.1) is 0 Å². The summed E-state index contributed by atoms with van der Waals surface area (Å²) >= 11 is 0. The third-order valence-electron chi connectivity index (χ3n) is 4.28. The average molecular weight is 399 g/mol. The monoisotopic (exact) mass is 399 g/mol. The van der Waals surface area contributed by atoms with Crippen LogP contribution in [0.4, 0.5) is 5.82 Å². The van der Waals surface area contributed by atoms with E-state index in [1.54, 1.807) is 31.6 Å². The van der Waals surface area contributed by atoms with E-state index in [-0.39, 0.29) is 0 Å². The summed E-state index contributed by atoms with van der Waals surface area (Å²) in [6, 6.07) is 10.9. The molecular weight excluding hydrogens is 382 g/mol. The van der Waals surface area contributed by atoms with E-state index in [0.717, 1.165) is 12.0 Å². The summed E-state index contributed by atoms with van der Waals surface area (Å²) in [5.41, 5.74) is 2.71. The molecular formula is C21H17N7O2. The van der Waals surface area contributed by atoms with Crippen LogP contribution >= 0.6 is 0 Å². The molecule has 0 fully saturated rings. The second kappa shape index (κ2) is 8.79. The Balaban J connectivity index is 1.44. The Bertz CT molecular complexity index is 1220. The van der Waals surface area contributed by atoms with Gasteiger partial charge in [-0.3, -0.25) is 0 Å². The molecule has 0 radical (unpaired) electrons. The molecule has 0 aliphatic carbocycles. The van der Waals surface area contributed by atoms with Crippen molar-refractivity contribution in [2.24, 2.45) is 0 Å². The summed E-state index contributed by atoms with van der Waals surface area (Å²) in [4.78, 5) is 20.9. The van der Waals surface area contributed by atoms with Crippen LogP contribution in [0, 0.1) is 11.3 Å². The van der Waals surface area contributed by atoms with Gasteiger partial charge in [0.15, 0.2) is 23.0 Å². The molecule has 0 saturated heterocycles. The van der Waals surface area contributed by atoms with Crippen molar-refractivity contribution in [1.82, 2.24) is 24.9 Å². The minimum atomic E-state index is 0.332. The van der Waals surface area contributed by atoms with Crippen molar-refractivity contribution >= 4 is 17.0 Å². The minimum absolute atomic E-state index is 0.332. The molecule has 4 aromatic rings. The first-order chi connectivity index (χ1) is 14.8. The predicted octanol–water partition coefficient (Wildman–Crippen LogP) is 3.14. The lowest BCUT2D eigenvalue weighted by atomic mass is 10.1. The lowest BCUT2D eigenvalue weighted by Crippen LogP contribution is -2.08. The van der Waals surface area contributed by atoms with E-state index in [4.69, 9.17) is 14.7 Å². The van der Waals surface area contributed by atoms with Crippen LogP contribution in [-0.2, 0) is 6.42 Å². The smallest absolute Gasteiger partial charge is 0.220 e. The molecule has 1 N–H and O–H groups in total. The Morgan fingerprint density at radius 3 is 2.73 bits per heavy atom. The summed E-state index contributed by atoms with van der Waals surface area (Å²) in [5.74, 6) is 2.07. The van der Waals surface area contributed by atoms with E-state index in [0.29, 0.717) is 46.5 Å². The molecule has 0 aliphatic rings. The zero-order valence-electron chi connectivity index (χ0n) is 16.1. The van der Waals surface area contributed by atoms with Crippen molar-refractivity contribution < 1.29 is 9.47 Å². The zero-order chi connectivity index (χ0) is 20.8. The number of nitrogens with zero attached hydrogens (tertiary/aromatic N) is 6. The van der Waals surface area contributed by atoms with E-state index in [2.05, 4.69) is 36.3 Å². The van der Waals surface area contributed by atoms with E-state index in [1.807, 2.05) is 18.2 Å². The van der Waals surface area contributed by atoms with Gasteiger partial charge in [0.25, 0.3) is 0 Å². The average Bonchev–Trinajstić information content (AvgIpc) is 2.80. The highest BCUT2D eigenvalue weighted by atomic mass is 16.5. The maximum atomic E-state index is 9.01. The number of hydrogen-bond acceptors (Lipinski definition) is 9. The summed E-state index contributed by atoms with van der Waals surface area (Å²) < 4.78 is 11.2. The molecule has 0 amide bonds. The van der Waals surface area contributed by atoms with Crippen molar-refractivity contribution in [2.45, 2.75) is 6.42 Å². The highest BCUT2D eigenvalue weighted by molar-refractivity contribution is 5.81. The van der Waals surface area contributed by atoms with E-state index in [1.165, 1.54) is 12.5 Å². The van der Waals surface area contributed by atoms with Crippen LogP contribution in [0.2, 0.25) is 0 Å². The fraction of sp³-hybridized carbons (Fsp3) is 0.143. The highest BCUT2D eigenvalue weighted by Gasteiger charge is 2.09. The molecule has 0 spiro atoms. The Morgan fingerprint density at radius 1 is 0.967 bits per heavy atom. The molecule has 0 saturated carbocycles. The Labute approximate surface area is 172 Å². The zero-order valence-corrected chi connectivity index (χ0v) is 16.1. The van der Waals surface area contributed by atoms with Crippen molar-refractivity contribution in [1.29, 1.82) is 5.26 Å². The topological polar surface area (TPSA) is 119 Å². The third kappa shape index (κ3) is 4.23. The van der Waals surface area contributed by atoms with Crippen LogP contribution in [0.1, 0.15) is 11.1 Å². The molecule has 9 heteroatoms. The number of hydrogen-bond donors (Lipinski definition) is 1. The molecule has 30 heavy (non-hydrogen) atoms. The highest BCUT2D eigenvalue weighted by Crippen LogP contribution is 2.32. The number of methoxy groups -OCH3 is 1. The van der Waals surface area contributed by atoms with Crippen LogP contribution in [0.25, 0.3) is 11.2 Å². The van der Waals surface area contributed by atoms with Crippen molar-refractivity contribution in [3.05, 3.63) is 66.4 Å². The van der Waals surface area contributed by atoms with Gasteiger partial charge < -0.3 is 14.8 Å². The summed E-state index contributed by atoms with van der Waals surface area (Å²) in [6.07, 6.45) is 6.93. The van der Waals surface area contributed by atoms with Gasteiger partial charge in [-0.2, -0.15) is 5.26 Å². The Hall–Kier alpha value is -4.32. The largest absolute Gasteiger partial charge is 0.493 e. The fourth-order valence-electron chi connectivity index (χ4n) is 2.85. The van der Waals surface area contributed by atoms with Crippen molar-refractivity contribution in [3.8, 4) is 23.4 Å². The lowest BCUT2D eigenvalue weighted by molar-refractivity contribution is 0.373. The van der Waals surface area contributed by atoms with Gasteiger partial charge in [0, 0.05) is 31.2 Å².